The minimum atomic E-state index is -0.194. The highest BCUT2D eigenvalue weighted by atomic mass is 79.9. The molecule has 2 nitrogen and oxygen atoms in total. The molecule has 0 spiro atoms. The SMILES string of the molecule is CCOC(=O)C(Br)CC1=CC=CCC1. The normalized spacial score (nSPS) is 17.4. The van der Waals surface area contributed by atoms with E-state index in [-0.39, 0.29) is 10.8 Å². The smallest absolute Gasteiger partial charge is 0.320 e. The zero-order chi connectivity index (χ0) is 10.4. The number of esters is 1. The number of ether oxygens (including phenoxy) is 1. The van der Waals surface area contributed by atoms with Crippen molar-refractivity contribution in [3.8, 4) is 0 Å². The van der Waals surface area contributed by atoms with Crippen molar-refractivity contribution in [2.75, 3.05) is 6.61 Å². The van der Waals surface area contributed by atoms with Crippen LogP contribution in [-0.4, -0.2) is 17.4 Å². The Kier molecular flexibility index (Phi) is 4.94. The van der Waals surface area contributed by atoms with Crippen LogP contribution in [0.5, 0.6) is 0 Å². The Morgan fingerprint density at radius 3 is 3.07 bits per heavy atom. The molecule has 1 unspecified atom stereocenters. The number of allylic oxidation sites excluding steroid dienone is 4. The molecule has 1 atom stereocenters. The average Bonchev–Trinajstić information content (AvgIpc) is 2.19. The third-order valence-corrected chi connectivity index (χ3v) is 2.78. The van der Waals surface area contributed by atoms with Gasteiger partial charge >= 0.3 is 5.97 Å². The first-order valence-electron chi connectivity index (χ1n) is 4.89. The number of halogens is 1. The molecule has 1 rings (SSSR count). The fraction of sp³-hybridized carbons (Fsp3) is 0.545. The molecule has 0 saturated heterocycles. The highest BCUT2D eigenvalue weighted by Gasteiger charge is 2.17. The second kappa shape index (κ2) is 6.02. The third kappa shape index (κ3) is 3.66. The zero-order valence-electron chi connectivity index (χ0n) is 8.33. The van der Waals surface area contributed by atoms with Crippen molar-refractivity contribution >= 4 is 21.9 Å². The summed E-state index contributed by atoms with van der Waals surface area (Å²) in [6.45, 7) is 2.26. The largest absolute Gasteiger partial charge is 0.465 e. The lowest BCUT2D eigenvalue weighted by atomic mass is 10.0. The monoisotopic (exact) mass is 258 g/mol. The minimum absolute atomic E-state index is 0.164. The molecule has 0 aromatic rings. The van der Waals surface area contributed by atoms with Gasteiger partial charge in [-0.25, -0.2) is 0 Å². The van der Waals surface area contributed by atoms with Crippen molar-refractivity contribution in [3.05, 3.63) is 23.8 Å². The van der Waals surface area contributed by atoms with Gasteiger partial charge in [-0.1, -0.05) is 39.7 Å². The standard InChI is InChI=1S/C11H15BrO2/c1-2-14-11(13)10(12)8-9-6-4-3-5-7-9/h3-4,6,10H,2,5,7-8H2,1H3. The van der Waals surface area contributed by atoms with Crippen LogP contribution >= 0.6 is 15.9 Å². The first-order valence-corrected chi connectivity index (χ1v) is 5.81. The zero-order valence-corrected chi connectivity index (χ0v) is 9.92. The lowest BCUT2D eigenvalue weighted by Gasteiger charge is -2.12. The molecule has 0 N–H and O–H groups in total. The number of carbonyl (C=O) groups is 1. The van der Waals surface area contributed by atoms with Gasteiger partial charge in [-0.05, 0) is 26.2 Å². The van der Waals surface area contributed by atoms with Crippen LogP contribution in [0.4, 0.5) is 0 Å². The summed E-state index contributed by atoms with van der Waals surface area (Å²) < 4.78 is 4.91. The summed E-state index contributed by atoms with van der Waals surface area (Å²) in [6.07, 6.45) is 9.15. The van der Waals surface area contributed by atoms with E-state index in [4.69, 9.17) is 4.74 Å². The molecule has 1 aliphatic carbocycles. The molecule has 0 aromatic heterocycles. The van der Waals surface area contributed by atoms with Gasteiger partial charge in [0.2, 0.25) is 0 Å². The lowest BCUT2D eigenvalue weighted by Crippen LogP contribution is -2.18. The molecule has 14 heavy (non-hydrogen) atoms. The molecule has 0 aliphatic heterocycles. The van der Waals surface area contributed by atoms with Crippen LogP contribution in [0.2, 0.25) is 0 Å². The lowest BCUT2D eigenvalue weighted by molar-refractivity contribution is -0.142. The summed E-state index contributed by atoms with van der Waals surface area (Å²) >= 11 is 3.34. The van der Waals surface area contributed by atoms with Gasteiger partial charge in [-0.3, -0.25) is 4.79 Å². The second-order valence-electron chi connectivity index (χ2n) is 3.22. The predicted molar refractivity (Wildman–Crippen MR) is 60.4 cm³/mol. The summed E-state index contributed by atoms with van der Waals surface area (Å²) in [5.41, 5.74) is 1.31. The quantitative estimate of drug-likeness (QED) is 0.573. The number of hydrogen-bond donors (Lipinski definition) is 0. The van der Waals surface area contributed by atoms with Crippen LogP contribution in [0.25, 0.3) is 0 Å². The van der Waals surface area contributed by atoms with Crippen LogP contribution in [0, 0.1) is 0 Å². The first kappa shape index (κ1) is 11.5. The molecule has 0 fully saturated rings. The van der Waals surface area contributed by atoms with Gasteiger partial charge in [0.05, 0.1) is 6.61 Å². The number of rotatable bonds is 4. The van der Waals surface area contributed by atoms with Crippen molar-refractivity contribution < 1.29 is 9.53 Å². The highest BCUT2D eigenvalue weighted by Crippen LogP contribution is 2.21. The van der Waals surface area contributed by atoms with Crippen molar-refractivity contribution in [1.82, 2.24) is 0 Å². The average molecular weight is 259 g/mol. The second-order valence-corrected chi connectivity index (χ2v) is 4.32. The maximum absolute atomic E-state index is 11.3. The Labute approximate surface area is 93.1 Å². The van der Waals surface area contributed by atoms with Gasteiger partial charge in [-0.2, -0.15) is 0 Å². The minimum Gasteiger partial charge on any atom is -0.465 e. The van der Waals surface area contributed by atoms with Crippen LogP contribution in [0.15, 0.2) is 23.8 Å². The fourth-order valence-electron chi connectivity index (χ4n) is 1.37. The molecule has 0 amide bonds. The molecular formula is C11H15BrO2. The van der Waals surface area contributed by atoms with E-state index in [0.717, 1.165) is 19.3 Å². The van der Waals surface area contributed by atoms with Gasteiger partial charge < -0.3 is 4.74 Å². The van der Waals surface area contributed by atoms with E-state index in [2.05, 4.69) is 28.1 Å². The summed E-state index contributed by atoms with van der Waals surface area (Å²) in [5, 5.41) is 0. The number of carbonyl (C=O) groups excluding carboxylic acids is 1. The van der Waals surface area contributed by atoms with Crippen molar-refractivity contribution in [2.24, 2.45) is 0 Å². The molecular weight excluding hydrogens is 244 g/mol. The third-order valence-electron chi connectivity index (χ3n) is 2.08. The Balaban J connectivity index is 2.39. The van der Waals surface area contributed by atoms with Crippen LogP contribution in [0.3, 0.4) is 0 Å². The van der Waals surface area contributed by atoms with E-state index in [1.165, 1.54) is 5.57 Å². The molecule has 0 bridgehead atoms. The molecule has 78 valence electrons. The summed E-state index contributed by atoms with van der Waals surface area (Å²) in [6, 6.07) is 0. The van der Waals surface area contributed by atoms with Crippen molar-refractivity contribution in [2.45, 2.75) is 31.0 Å². The Morgan fingerprint density at radius 2 is 2.50 bits per heavy atom. The Hall–Kier alpha value is -0.570. The molecule has 3 heteroatoms. The van der Waals surface area contributed by atoms with E-state index in [9.17, 15) is 4.79 Å². The number of hydrogen-bond acceptors (Lipinski definition) is 2. The summed E-state index contributed by atoms with van der Waals surface area (Å²) in [5.74, 6) is -0.164. The van der Waals surface area contributed by atoms with Crippen LogP contribution < -0.4 is 0 Å². The molecule has 0 aromatic carbocycles. The molecule has 0 heterocycles. The fourth-order valence-corrected chi connectivity index (χ4v) is 1.92. The van der Waals surface area contributed by atoms with Gasteiger partial charge in [0.25, 0.3) is 0 Å². The molecule has 0 saturated carbocycles. The molecule has 1 aliphatic rings. The van der Waals surface area contributed by atoms with Gasteiger partial charge in [0.15, 0.2) is 0 Å². The maximum Gasteiger partial charge on any atom is 0.320 e. The number of alkyl halides is 1. The Bertz CT molecular complexity index is 256. The maximum atomic E-state index is 11.3. The van der Waals surface area contributed by atoms with E-state index in [0.29, 0.717) is 6.61 Å². The molecule has 0 radical (unpaired) electrons. The van der Waals surface area contributed by atoms with Crippen molar-refractivity contribution in [3.63, 3.8) is 0 Å². The van der Waals surface area contributed by atoms with E-state index >= 15 is 0 Å². The van der Waals surface area contributed by atoms with E-state index < -0.39 is 0 Å². The van der Waals surface area contributed by atoms with Crippen LogP contribution in [-0.2, 0) is 9.53 Å². The van der Waals surface area contributed by atoms with Gasteiger partial charge in [0.1, 0.15) is 4.83 Å². The topological polar surface area (TPSA) is 26.3 Å². The summed E-state index contributed by atoms with van der Waals surface area (Å²) in [7, 11) is 0. The van der Waals surface area contributed by atoms with Crippen LogP contribution in [0.1, 0.15) is 26.2 Å². The Morgan fingerprint density at radius 1 is 1.71 bits per heavy atom. The van der Waals surface area contributed by atoms with Crippen molar-refractivity contribution in [1.29, 1.82) is 0 Å². The van der Waals surface area contributed by atoms with E-state index in [1.54, 1.807) is 0 Å². The summed E-state index contributed by atoms with van der Waals surface area (Å²) in [4.78, 5) is 11.1. The highest BCUT2D eigenvalue weighted by molar-refractivity contribution is 9.10. The van der Waals surface area contributed by atoms with Gasteiger partial charge in [-0.15, -0.1) is 0 Å². The predicted octanol–water partition coefficient (Wildman–Crippen LogP) is 2.98. The first-order chi connectivity index (χ1) is 6.74. The van der Waals surface area contributed by atoms with Gasteiger partial charge in [0, 0.05) is 0 Å². The van der Waals surface area contributed by atoms with E-state index in [1.807, 2.05) is 13.0 Å².